The van der Waals surface area contributed by atoms with Crippen LogP contribution in [0.5, 0.6) is 0 Å². The summed E-state index contributed by atoms with van der Waals surface area (Å²) in [5.41, 5.74) is 2.56. The number of hydrogen-bond donors (Lipinski definition) is 0. The molecule has 4 rings (SSSR count). The van der Waals surface area contributed by atoms with E-state index in [1.165, 1.54) is 23.5 Å². The standard InChI is InChI=1S/C14H11FN2OS/c15-8-5-6-11-12(7-8)19-14-16-10-4-2-1-3-9(10)13(18)17(11)14/h5-7H,1-4H2. The van der Waals surface area contributed by atoms with Gasteiger partial charge in [0.2, 0.25) is 0 Å². The van der Waals surface area contributed by atoms with E-state index in [0.29, 0.717) is 4.96 Å². The molecule has 0 amide bonds. The fraction of sp³-hybridized carbons (Fsp3) is 0.286. The van der Waals surface area contributed by atoms with Crippen LogP contribution in [0, 0.1) is 5.82 Å². The number of aromatic nitrogens is 2. The lowest BCUT2D eigenvalue weighted by molar-refractivity contribution is 0.630. The van der Waals surface area contributed by atoms with Gasteiger partial charge < -0.3 is 0 Å². The first-order valence-corrected chi connectivity index (χ1v) is 7.18. The molecule has 19 heavy (non-hydrogen) atoms. The van der Waals surface area contributed by atoms with E-state index in [0.717, 1.165) is 47.2 Å². The predicted octanol–water partition coefficient (Wildman–Crippen LogP) is 2.93. The van der Waals surface area contributed by atoms with Gasteiger partial charge in [-0.25, -0.2) is 9.37 Å². The summed E-state index contributed by atoms with van der Waals surface area (Å²) in [4.78, 5) is 17.8. The summed E-state index contributed by atoms with van der Waals surface area (Å²) >= 11 is 1.37. The Morgan fingerprint density at radius 1 is 1.26 bits per heavy atom. The molecule has 3 nitrogen and oxygen atoms in total. The summed E-state index contributed by atoms with van der Waals surface area (Å²) in [6.07, 6.45) is 3.83. The fourth-order valence-electron chi connectivity index (χ4n) is 2.76. The second kappa shape index (κ2) is 3.87. The first-order chi connectivity index (χ1) is 9.24. The highest BCUT2D eigenvalue weighted by atomic mass is 32.1. The highest BCUT2D eigenvalue weighted by molar-refractivity contribution is 7.23. The summed E-state index contributed by atoms with van der Waals surface area (Å²) in [7, 11) is 0. The molecule has 0 N–H and O–H groups in total. The Morgan fingerprint density at radius 3 is 3.00 bits per heavy atom. The summed E-state index contributed by atoms with van der Waals surface area (Å²) in [6, 6.07) is 4.51. The normalized spacial score (nSPS) is 15.0. The van der Waals surface area contributed by atoms with E-state index >= 15 is 0 Å². The molecule has 0 radical (unpaired) electrons. The Balaban J connectivity index is 2.19. The molecule has 2 heterocycles. The molecular formula is C14H11FN2OS. The molecular weight excluding hydrogens is 263 g/mol. The van der Waals surface area contributed by atoms with Crippen molar-refractivity contribution in [2.24, 2.45) is 0 Å². The van der Waals surface area contributed by atoms with Crippen molar-refractivity contribution in [2.45, 2.75) is 25.7 Å². The third kappa shape index (κ3) is 1.54. The van der Waals surface area contributed by atoms with Crippen LogP contribution in [0.3, 0.4) is 0 Å². The average Bonchev–Trinajstić information content (AvgIpc) is 2.76. The Labute approximate surface area is 112 Å². The van der Waals surface area contributed by atoms with Crippen LogP contribution in [-0.2, 0) is 12.8 Å². The third-order valence-electron chi connectivity index (χ3n) is 3.69. The zero-order valence-electron chi connectivity index (χ0n) is 10.1. The summed E-state index contributed by atoms with van der Waals surface area (Å²) in [5.74, 6) is -0.281. The molecule has 1 aliphatic carbocycles. The van der Waals surface area contributed by atoms with Gasteiger partial charge >= 0.3 is 0 Å². The number of halogens is 1. The van der Waals surface area contributed by atoms with Crippen LogP contribution in [0.25, 0.3) is 15.2 Å². The Kier molecular flexibility index (Phi) is 2.26. The maximum atomic E-state index is 13.3. The van der Waals surface area contributed by atoms with Crippen molar-refractivity contribution in [3.05, 3.63) is 45.6 Å². The van der Waals surface area contributed by atoms with Crippen molar-refractivity contribution in [1.82, 2.24) is 9.38 Å². The molecule has 3 aromatic rings. The highest BCUT2D eigenvalue weighted by Gasteiger charge is 2.18. The Morgan fingerprint density at radius 2 is 2.11 bits per heavy atom. The smallest absolute Gasteiger partial charge is 0.262 e. The van der Waals surface area contributed by atoms with Gasteiger partial charge in [-0.3, -0.25) is 9.20 Å². The van der Waals surface area contributed by atoms with Crippen LogP contribution >= 0.6 is 11.3 Å². The predicted molar refractivity (Wildman–Crippen MR) is 73.4 cm³/mol. The Hall–Kier alpha value is -1.75. The zero-order valence-corrected chi connectivity index (χ0v) is 11.0. The molecule has 96 valence electrons. The maximum Gasteiger partial charge on any atom is 0.262 e. The van der Waals surface area contributed by atoms with Gasteiger partial charge in [-0.15, -0.1) is 0 Å². The molecule has 0 saturated carbocycles. The lowest BCUT2D eigenvalue weighted by Gasteiger charge is -2.13. The largest absolute Gasteiger partial charge is 0.269 e. The number of hydrogen-bond acceptors (Lipinski definition) is 3. The molecule has 0 aliphatic heterocycles. The molecule has 0 spiro atoms. The van der Waals surface area contributed by atoms with Gasteiger partial charge in [-0.1, -0.05) is 11.3 Å². The second-order valence-electron chi connectivity index (χ2n) is 4.88. The molecule has 1 aromatic carbocycles. The SMILES string of the molecule is O=c1c2c(nc3sc4cc(F)ccc4n13)CCCC2. The first kappa shape index (κ1) is 11.1. The molecule has 0 atom stereocenters. The highest BCUT2D eigenvalue weighted by Crippen LogP contribution is 2.26. The van der Waals surface area contributed by atoms with E-state index < -0.39 is 0 Å². The zero-order chi connectivity index (χ0) is 13.0. The van der Waals surface area contributed by atoms with Crippen LogP contribution in [0.1, 0.15) is 24.1 Å². The van der Waals surface area contributed by atoms with E-state index in [2.05, 4.69) is 4.98 Å². The van der Waals surface area contributed by atoms with Crippen molar-refractivity contribution in [3.63, 3.8) is 0 Å². The summed E-state index contributed by atoms with van der Waals surface area (Å²) < 4.78 is 15.7. The molecule has 1 aliphatic rings. The van der Waals surface area contributed by atoms with E-state index in [9.17, 15) is 9.18 Å². The topological polar surface area (TPSA) is 34.4 Å². The van der Waals surface area contributed by atoms with Crippen molar-refractivity contribution in [2.75, 3.05) is 0 Å². The van der Waals surface area contributed by atoms with Gasteiger partial charge in [0.15, 0.2) is 4.96 Å². The van der Waals surface area contributed by atoms with E-state index in [4.69, 9.17) is 0 Å². The van der Waals surface area contributed by atoms with Gasteiger partial charge in [0.05, 0.1) is 15.9 Å². The van der Waals surface area contributed by atoms with Crippen molar-refractivity contribution in [3.8, 4) is 0 Å². The van der Waals surface area contributed by atoms with Crippen LogP contribution in [0.15, 0.2) is 23.0 Å². The maximum absolute atomic E-state index is 13.3. The number of nitrogens with zero attached hydrogens (tertiary/aromatic N) is 2. The quantitative estimate of drug-likeness (QED) is 0.631. The summed E-state index contributed by atoms with van der Waals surface area (Å²) in [6.45, 7) is 0. The fourth-order valence-corrected chi connectivity index (χ4v) is 3.82. The van der Waals surface area contributed by atoms with Crippen molar-refractivity contribution in [1.29, 1.82) is 0 Å². The molecule has 0 unspecified atom stereocenters. The molecule has 2 aromatic heterocycles. The van der Waals surface area contributed by atoms with Gasteiger partial charge in [0, 0.05) is 5.56 Å². The molecule has 0 fully saturated rings. The van der Waals surface area contributed by atoms with E-state index in [1.54, 1.807) is 10.5 Å². The molecule has 0 bridgehead atoms. The lowest BCUT2D eigenvalue weighted by Crippen LogP contribution is -2.23. The second-order valence-corrected chi connectivity index (χ2v) is 5.89. The van der Waals surface area contributed by atoms with Crippen molar-refractivity contribution < 1.29 is 4.39 Å². The lowest BCUT2D eigenvalue weighted by atomic mass is 9.97. The van der Waals surface area contributed by atoms with Crippen LogP contribution in [-0.4, -0.2) is 9.38 Å². The van der Waals surface area contributed by atoms with E-state index in [1.807, 2.05) is 0 Å². The van der Waals surface area contributed by atoms with Crippen molar-refractivity contribution >= 4 is 26.5 Å². The minimum absolute atomic E-state index is 0.0255. The van der Waals surface area contributed by atoms with Crippen LogP contribution in [0.4, 0.5) is 4.39 Å². The summed E-state index contributed by atoms with van der Waals surface area (Å²) in [5, 5.41) is 0. The number of aryl methyl sites for hydroxylation is 1. The monoisotopic (exact) mass is 274 g/mol. The minimum Gasteiger partial charge on any atom is -0.269 e. The number of thiazole rings is 1. The van der Waals surface area contributed by atoms with Crippen LogP contribution in [0.2, 0.25) is 0 Å². The number of rotatable bonds is 0. The number of fused-ring (bicyclic) bond motifs is 4. The number of benzene rings is 1. The average molecular weight is 274 g/mol. The van der Waals surface area contributed by atoms with Gasteiger partial charge in [0.25, 0.3) is 5.56 Å². The van der Waals surface area contributed by atoms with Crippen LogP contribution < -0.4 is 5.56 Å². The van der Waals surface area contributed by atoms with Gasteiger partial charge in [-0.2, -0.15) is 0 Å². The Bertz CT molecular complexity index is 865. The minimum atomic E-state index is -0.281. The van der Waals surface area contributed by atoms with Gasteiger partial charge in [0.1, 0.15) is 5.82 Å². The third-order valence-corrected chi connectivity index (χ3v) is 4.69. The molecule has 5 heteroatoms. The van der Waals surface area contributed by atoms with Gasteiger partial charge in [-0.05, 0) is 43.9 Å². The molecule has 0 saturated heterocycles. The van der Waals surface area contributed by atoms with E-state index in [-0.39, 0.29) is 11.4 Å². The first-order valence-electron chi connectivity index (χ1n) is 6.36.